The van der Waals surface area contributed by atoms with Gasteiger partial charge in [-0.2, -0.15) is 47.4 Å². The van der Waals surface area contributed by atoms with Gasteiger partial charge in [-0.3, -0.25) is 0 Å². The van der Waals surface area contributed by atoms with E-state index >= 15 is 17.6 Å². The molecule has 4 rings (SSSR count). The van der Waals surface area contributed by atoms with Crippen molar-refractivity contribution in [1.82, 2.24) is 4.98 Å². The van der Waals surface area contributed by atoms with Crippen molar-refractivity contribution in [3.05, 3.63) is 115 Å². The zero-order valence-corrected chi connectivity index (χ0v) is 22.3. The average molecular weight is 687 g/mol. The Balaban J connectivity index is 2.29. The van der Waals surface area contributed by atoms with E-state index in [0.29, 0.717) is 0 Å². The van der Waals surface area contributed by atoms with E-state index in [-0.39, 0.29) is 0 Å². The molecule has 0 amide bonds. The molecule has 1 aromatic heterocycles. The van der Waals surface area contributed by atoms with Crippen molar-refractivity contribution in [3.8, 4) is 24.3 Å². The van der Waals surface area contributed by atoms with Crippen molar-refractivity contribution in [2.24, 2.45) is 0 Å². The smallest absolute Gasteiger partial charge is 0.246 e. The molecule has 1 aliphatic carbocycles. The molecule has 1 fully saturated rings. The summed E-state index contributed by atoms with van der Waals surface area (Å²) in [5.41, 5.74) is -19.6. The Morgan fingerprint density at radius 1 is 0.521 bits per heavy atom. The van der Waals surface area contributed by atoms with Gasteiger partial charge in [0.2, 0.25) is 0 Å². The summed E-state index contributed by atoms with van der Waals surface area (Å²) in [6, 6.07) is 6.53. The molecule has 0 N–H and O–H groups in total. The predicted octanol–water partition coefficient (Wildman–Crippen LogP) is 8.35. The number of hydrogen-bond acceptors (Lipinski definition) is 5. The van der Waals surface area contributed by atoms with Crippen molar-refractivity contribution >= 4 is 16.7 Å². The quantitative estimate of drug-likeness (QED) is 0.156. The van der Waals surface area contributed by atoms with Gasteiger partial charge in [-0.25, -0.2) is 40.1 Å². The molecular weight excluding hydrogens is 684 g/mol. The Hall–Kier alpha value is -6.21. The molecule has 1 heterocycles. The molecule has 0 unspecified atom stereocenters. The monoisotopic (exact) mass is 687 g/mol. The summed E-state index contributed by atoms with van der Waals surface area (Å²) in [6.07, 6.45) is -11.3. The molecule has 242 valence electrons. The highest BCUT2D eigenvalue weighted by Gasteiger charge is 2.48. The van der Waals surface area contributed by atoms with Crippen LogP contribution in [0.2, 0.25) is 0 Å². The molecule has 48 heavy (non-hydrogen) atoms. The summed E-state index contributed by atoms with van der Waals surface area (Å²) in [5, 5.41) is 38.6. The van der Waals surface area contributed by atoms with E-state index in [1.807, 2.05) is 0 Å². The Labute approximate surface area is 256 Å². The van der Waals surface area contributed by atoms with Crippen LogP contribution in [0.15, 0.2) is 35.0 Å². The molecule has 2 aromatic carbocycles. The van der Waals surface area contributed by atoms with Crippen molar-refractivity contribution in [2.45, 2.75) is 12.4 Å². The van der Waals surface area contributed by atoms with Crippen LogP contribution in [0.25, 0.3) is 16.7 Å². The van der Waals surface area contributed by atoms with Gasteiger partial charge in [-0.1, -0.05) is 0 Å². The van der Waals surface area contributed by atoms with Crippen LogP contribution in [0.5, 0.6) is 0 Å². The minimum absolute atomic E-state index is 0.447. The first-order valence-electron chi connectivity index (χ1n) is 12.0. The SMILES string of the molecule is N#CC(=C1C(=C(\C#N)c2ccnc(C#N)c2)/C1=C(\C#N)c1c(F)c(F)c(C(F)(F)F)c(F)c1F)c1c(F)c(F)c(C(F)(F)F)c(F)c1F. The summed E-state index contributed by atoms with van der Waals surface area (Å²) in [6.45, 7) is 0. The van der Waals surface area contributed by atoms with Gasteiger partial charge in [0.1, 0.15) is 41.1 Å². The molecule has 5 nitrogen and oxygen atoms in total. The van der Waals surface area contributed by atoms with E-state index in [4.69, 9.17) is 5.26 Å². The molecule has 0 radical (unpaired) electrons. The van der Waals surface area contributed by atoms with E-state index in [9.17, 15) is 59.7 Å². The second-order valence-electron chi connectivity index (χ2n) is 9.13. The fourth-order valence-electron chi connectivity index (χ4n) is 4.52. The van der Waals surface area contributed by atoms with E-state index in [1.54, 1.807) is 0 Å². The molecule has 1 aliphatic rings. The fraction of sp³-hybridized carbons (Fsp3) is 0.0690. The average Bonchev–Trinajstić information content (AvgIpc) is 3.72. The maximum absolute atomic E-state index is 15.0. The second kappa shape index (κ2) is 11.9. The number of hydrogen-bond donors (Lipinski definition) is 0. The lowest BCUT2D eigenvalue weighted by atomic mass is 9.98. The molecule has 0 aliphatic heterocycles. The summed E-state index contributed by atoms with van der Waals surface area (Å²) in [4.78, 5) is 3.56. The summed E-state index contributed by atoms with van der Waals surface area (Å²) in [7, 11) is 0. The van der Waals surface area contributed by atoms with Crippen molar-refractivity contribution in [1.29, 1.82) is 21.0 Å². The Morgan fingerprint density at radius 3 is 1.15 bits per heavy atom. The lowest BCUT2D eigenvalue weighted by Crippen LogP contribution is -2.17. The standard InChI is InChI=1S/C29H3F14N5/c30-20-16(21(31)25(35)18(24(20)34)28(38,39)40)11(6-46)14-13(10(5-45)8-1-2-48-9(3-8)4-44)15(14)12(7-47)17-22(32)26(36)19(29(41,42)43)27(37)23(17)33/h1-3H/b13-10-,14-11?,15-12-. The molecule has 0 spiro atoms. The van der Waals surface area contributed by atoms with E-state index in [2.05, 4.69) is 4.98 Å². The van der Waals surface area contributed by atoms with Crippen LogP contribution in [0, 0.1) is 91.9 Å². The maximum atomic E-state index is 15.0. The molecule has 0 bridgehead atoms. The van der Waals surface area contributed by atoms with Crippen molar-refractivity contribution in [2.75, 3.05) is 0 Å². The van der Waals surface area contributed by atoms with Gasteiger partial charge in [0.15, 0.2) is 46.5 Å². The summed E-state index contributed by atoms with van der Waals surface area (Å²) < 4.78 is 197. The first kappa shape index (κ1) is 34.7. The number of nitrogens with zero attached hydrogens (tertiary/aromatic N) is 5. The lowest BCUT2D eigenvalue weighted by molar-refractivity contribution is -0.144. The van der Waals surface area contributed by atoms with E-state index in [1.165, 1.54) is 12.1 Å². The third-order valence-corrected chi connectivity index (χ3v) is 6.53. The topological polar surface area (TPSA) is 108 Å². The van der Waals surface area contributed by atoms with Gasteiger partial charge in [-0.05, 0) is 17.7 Å². The molecule has 19 heteroatoms. The number of halogens is 14. The third kappa shape index (κ3) is 5.35. The summed E-state index contributed by atoms with van der Waals surface area (Å²) in [5.74, 6) is -23.9. The Morgan fingerprint density at radius 2 is 0.854 bits per heavy atom. The van der Waals surface area contributed by atoms with Crippen LogP contribution >= 0.6 is 0 Å². The van der Waals surface area contributed by atoms with Crippen molar-refractivity contribution < 1.29 is 61.5 Å². The number of aromatic nitrogens is 1. The normalized spacial score (nSPS) is 16.0. The highest BCUT2D eigenvalue weighted by Crippen LogP contribution is 2.57. The molecule has 0 atom stereocenters. The highest BCUT2D eigenvalue weighted by molar-refractivity contribution is 6.12. The van der Waals surface area contributed by atoms with Crippen LogP contribution in [-0.2, 0) is 12.4 Å². The minimum Gasteiger partial charge on any atom is -0.246 e. The lowest BCUT2D eigenvalue weighted by Gasteiger charge is -2.14. The predicted molar refractivity (Wildman–Crippen MR) is 129 cm³/mol. The van der Waals surface area contributed by atoms with Gasteiger partial charge in [-0.15, -0.1) is 0 Å². The van der Waals surface area contributed by atoms with Gasteiger partial charge >= 0.3 is 12.4 Å². The third-order valence-electron chi connectivity index (χ3n) is 6.53. The zero-order valence-electron chi connectivity index (χ0n) is 22.3. The highest BCUT2D eigenvalue weighted by atomic mass is 19.4. The number of rotatable bonds is 3. The number of alkyl halides is 6. The number of allylic oxidation sites excluding steroid dienone is 6. The van der Waals surface area contributed by atoms with Gasteiger partial charge in [0, 0.05) is 22.9 Å². The molecule has 0 saturated heterocycles. The summed E-state index contributed by atoms with van der Waals surface area (Å²) >= 11 is 0. The van der Waals surface area contributed by atoms with Gasteiger partial charge < -0.3 is 0 Å². The fourth-order valence-corrected chi connectivity index (χ4v) is 4.52. The Bertz CT molecular complexity index is 2060. The number of pyridine rings is 1. The van der Waals surface area contributed by atoms with Crippen LogP contribution in [0.4, 0.5) is 61.5 Å². The van der Waals surface area contributed by atoms with E-state index in [0.717, 1.165) is 30.5 Å². The van der Waals surface area contributed by atoms with Gasteiger partial charge in [0.25, 0.3) is 0 Å². The van der Waals surface area contributed by atoms with Crippen LogP contribution in [0.3, 0.4) is 0 Å². The number of nitriles is 4. The largest absolute Gasteiger partial charge is 0.422 e. The molecule has 1 saturated carbocycles. The molecular formula is C29H3F14N5. The van der Waals surface area contributed by atoms with Crippen LogP contribution in [-0.4, -0.2) is 4.98 Å². The first-order chi connectivity index (χ1) is 22.3. The van der Waals surface area contributed by atoms with E-state index < -0.39 is 126 Å². The van der Waals surface area contributed by atoms with Crippen molar-refractivity contribution in [3.63, 3.8) is 0 Å². The Kier molecular flexibility index (Phi) is 8.56. The van der Waals surface area contributed by atoms with Crippen LogP contribution < -0.4 is 0 Å². The first-order valence-corrected chi connectivity index (χ1v) is 12.0. The number of benzene rings is 2. The van der Waals surface area contributed by atoms with Gasteiger partial charge in [0.05, 0.1) is 27.8 Å². The maximum Gasteiger partial charge on any atom is 0.422 e. The molecule has 3 aromatic rings. The second-order valence-corrected chi connectivity index (χ2v) is 9.13. The minimum atomic E-state index is -6.06. The van der Waals surface area contributed by atoms with Crippen LogP contribution in [0.1, 0.15) is 33.5 Å². The zero-order chi connectivity index (χ0) is 36.2.